The number of rotatable bonds is 4. The van der Waals surface area contributed by atoms with E-state index in [9.17, 15) is 0 Å². The van der Waals surface area contributed by atoms with Crippen LogP contribution < -0.4 is 39.7 Å². The summed E-state index contributed by atoms with van der Waals surface area (Å²) in [6.07, 6.45) is 7.39. The molecule has 2 aromatic rings. The van der Waals surface area contributed by atoms with Crippen molar-refractivity contribution in [3.05, 3.63) is 23.9 Å². The highest BCUT2D eigenvalue weighted by Gasteiger charge is 2.20. The molecule has 0 bridgehead atoms. The molecule has 186 valence electrons. The summed E-state index contributed by atoms with van der Waals surface area (Å²) in [5.74, 6) is 2.93. The molecule has 0 unspecified atom stereocenters. The number of halogens is 1. The number of anilines is 4. The van der Waals surface area contributed by atoms with Crippen LogP contribution in [0.4, 0.5) is 23.7 Å². The van der Waals surface area contributed by atoms with Gasteiger partial charge in [0.25, 0.3) is 0 Å². The molecule has 4 heterocycles. The zero-order valence-electron chi connectivity index (χ0n) is 18.7. The van der Waals surface area contributed by atoms with Crippen molar-refractivity contribution in [3.8, 4) is 0 Å². The first-order valence-corrected chi connectivity index (χ1v) is 9.74. The maximum Gasteiger partial charge on any atom is 0.235 e. The summed E-state index contributed by atoms with van der Waals surface area (Å²) in [5, 5.41) is 3.28. The number of aryl methyl sites for hydroxylation is 1. The van der Waals surface area contributed by atoms with E-state index in [4.69, 9.17) is 15.0 Å². The van der Waals surface area contributed by atoms with Crippen LogP contribution in [0, 0.1) is 6.92 Å². The minimum atomic E-state index is 0. The molecule has 0 atom stereocenters. The lowest BCUT2D eigenvalue weighted by molar-refractivity contribution is 0.556. The lowest BCUT2D eigenvalue weighted by Gasteiger charge is -2.30. The number of hydrogen-bond donors (Lipinski definition) is 5. The molecule has 31 heavy (non-hydrogen) atoms. The van der Waals surface area contributed by atoms with Crippen LogP contribution >= 0.6 is 12.4 Å². The minimum absolute atomic E-state index is 0. The Morgan fingerprint density at radius 2 is 1.19 bits per heavy atom. The zero-order chi connectivity index (χ0) is 17.8. The summed E-state index contributed by atoms with van der Waals surface area (Å²) in [6, 6.07) is 5.91. The predicted octanol–water partition coefficient (Wildman–Crippen LogP) is 5.35. The zero-order valence-corrected chi connectivity index (χ0v) is 19.5. The molecule has 11 nitrogen and oxygen atoms in total. The molecule has 0 amide bonds. The number of piperidine rings is 2. The highest BCUT2D eigenvalue weighted by molar-refractivity contribution is 5.85. The van der Waals surface area contributed by atoms with E-state index in [2.05, 4.69) is 20.1 Å². The quantitative estimate of drug-likeness (QED) is 0.387. The van der Waals surface area contributed by atoms with Gasteiger partial charge < -0.3 is 39.7 Å². The van der Waals surface area contributed by atoms with Crippen molar-refractivity contribution in [1.29, 1.82) is 0 Å². The van der Waals surface area contributed by atoms with Gasteiger partial charge in [-0.15, -0.1) is 12.4 Å². The van der Waals surface area contributed by atoms with Gasteiger partial charge >= 0.3 is 0 Å². The van der Waals surface area contributed by atoms with Crippen molar-refractivity contribution in [2.75, 3.05) is 41.3 Å². The Labute approximate surface area is 197 Å². The van der Waals surface area contributed by atoms with E-state index >= 15 is 0 Å². The minimum Gasteiger partial charge on any atom is -0.344 e. The van der Waals surface area contributed by atoms with Gasteiger partial charge in [-0.2, -0.15) is 15.0 Å². The van der Waals surface area contributed by atoms with Crippen molar-refractivity contribution in [1.82, 2.24) is 44.5 Å². The van der Waals surface area contributed by atoms with E-state index in [0.29, 0.717) is 5.95 Å². The highest BCUT2D eigenvalue weighted by Crippen LogP contribution is 2.23. The van der Waals surface area contributed by atoms with Crippen LogP contribution in [-0.2, 0) is 0 Å². The molecule has 2 saturated heterocycles. The van der Waals surface area contributed by atoms with Gasteiger partial charge in [0.2, 0.25) is 17.8 Å². The Morgan fingerprint density at radius 3 is 1.65 bits per heavy atom. The Balaban J connectivity index is -0.000000234. The molecule has 2 fully saturated rings. The summed E-state index contributed by atoms with van der Waals surface area (Å²) in [6.45, 7) is 6.06. The van der Waals surface area contributed by atoms with E-state index in [0.717, 1.165) is 49.6 Å². The van der Waals surface area contributed by atoms with Gasteiger partial charge in [0.15, 0.2) is 0 Å². The van der Waals surface area contributed by atoms with Crippen molar-refractivity contribution < 1.29 is 5.71 Å². The second-order valence-electron chi connectivity index (χ2n) is 7.14. The number of aromatic nitrogens is 4. The second-order valence-corrected chi connectivity index (χ2v) is 7.14. The number of nitrogens with one attached hydrogen (secondary N) is 1. The second kappa shape index (κ2) is 14.7. The Hall–Kier alpha value is -2.31. The fourth-order valence-corrected chi connectivity index (χ4v) is 3.61. The molecule has 0 aliphatic carbocycles. The summed E-state index contributed by atoms with van der Waals surface area (Å²) in [7, 11) is 0. The number of hydrogen-bond acceptors (Lipinski definition) is 11. The summed E-state index contributed by atoms with van der Waals surface area (Å²) in [4.78, 5) is 23.3. The molecule has 13 N–H and O–H groups in total. The SMILES string of the molecule is Cc1cccc(Nc2nc(N3CCCCC3)nc(N3CCCCC3)n2)n1.Cl.N.N.N.N.[HH].[HH].[HH].[HH]. The van der Waals surface area contributed by atoms with Gasteiger partial charge in [-0.25, -0.2) is 4.98 Å². The van der Waals surface area contributed by atoms with Gasteiger partial charge in [0, 0.05) is 37.6 Å². The molecule has 2 aliphatic heterocycles. The van der Waals surface area contributed by atoms with Gasteiger partial charge in [0.1, 0.15) is 5.82 Å². The smallest absolute Gasteiger partial charge is 0.235 e. The fourth-order valence-electron chi connectivity index (χ4n) is 3.61. The van der Waals surface area contributed by atoms with E-state index < -0.39 is 0 Å². The van der Waals surface area contributed by atoms with Crippen LogP contribution in [0.5, 0.6) is 0 Å². The van der Waals surface area contributed by atoms with Gasteiger partial charge in [-0.1, -0.05) is 6.07 Å². The summed E-state index contributed by atoms with van der Waals surface area (Å²) in [5.41, 5.74) is 0.969. The van der Waals surface area contributed by atoms with Crippen molar-refractivity contribution in [3.63, 3.8) is 0 Å². The third kappa shape index (κ3) is 8.04. The van der Waals surface area contributed by atoms with Crippen molar-refractivity contribution >= 4 is 36.1 Å². The van der Waals surface area contributed by atoms with Gasteiger partial charge in [-0.3, -0.25) is 0 Å². The molecule has 12 heteroatoms. The lowest BCUT2D eigenvalue weighted by atomic mass is 10.1. The summed E-state index contributed by atoms with van der Waals surface area (Å²) >= 11 is 0. The first-order valence-electron chi connectivity index (χ1n) is 9.74. The average molecular weight is 466 g/mol. The van der Waals surface area contributed by atoms with Gasteiger partial charge in [0.05, 0.1) is 0 Å². The number of pyridine rings is 1. The topological polar surface area (TPSA) is 210 Å². The standard InChI is InChI=1S/C19H27N7.ClH.4H3N.4H2/c1-15-9-8-10-16(20-15)21-17-22-18(25-11-4-2-5-12-25)24-19(23-17)26-13-6-3-7-14-26;;;;;;;;;/h8-10H,2-7,11-14H2,1H3,(H,20,21,22,23,24);1H;4*1H3;4*1H. The summed E-state index contributed by atoms with van der Waals surface area (Å²) < 4.78 is 0. The predicted molar refractivity (Wildman–Crippen MR) is 140 cm³/mol. The highest BCUT2D eigenvalue weighted by atomic mass is 35.5. The molecule has 0 aromatic carbocycles. The first kappa shape index (κ1) is 30.9. The molecule has 0 radical (unpaired) electrons. The largest absolute Gasteiger partial charge is 0.344 e. The molecule has 0 saturated carbocycles. The van der Waals surface area contributed by atoms with Crippen LogP contribution in [0.25, 0.3) is 0 Å². The van der Waals surface area contributed by atoms with Gasteiger partial charge in [-0.05, 0) is 57.6 Å². The Kier molecular flexibility index (Phi) is 14.6. The first-order chi connectivity index (χ1) is 12.8. The molecule has 2 aliphatic rings. The maximum absolute atomic E-state index is 4.81. The average Bonchev–Trinajstić information content (AvgIpc) is 2.69. The van der Waals surface area contributed by atoms with Crippen LogP contribution in [0.2, 0.25) is 0 Å². The van der Waals surface area contributed by atoms with Crippen LogP contribution in [-0.4, -0.2) is 46.1 Å². The molecule has 0 spiro atoms. The van der Waals surface area contributed by atoms with E-state index in [1.807, 2.05) is 25.1 Å². The van der Waals surface area contributed by atoms with Crippen LogP contribution in [0.3, 0.4) is 0 Å². The molecule has 4 rings (SSSR count). The van der Waals surface area contributed by atoms with E-state index in [-0.39, 0.29) is 42.7 Å². The van der Waals surface area contributed by atoms with Crippen LogP contribution in [0.15, 0.2) is 18.2 Å². The normalized spacial score (nSPS) is 15.1. The van der Waals surface area contributed by atoms with Crippen molar-refractivity contribution in [2.45, 2.75) is 45.4 Å². The Morgan fingerprint density at radius 1 is 0.710 bits per heavy atom. The maximum atomic E-state index is 4.81. The molecule has 2 aromatic heterocycles. The lowest BCUT2D eigenvalue weighted by Crippen LogP contribution is -2.34. The Bertz CT molecular complexity index is 731. The van der Waals surface area contributed by atoms with E-state index in [1.54, 1.807) is 0 Å². The molecular weight excluding hydrogens is 418 g/mol. The van der Waals surface area contributed by atoms with Crippen LogP contribution in [0.1, 0.15) is 49.9 Å². The van der Waals surface area contributed by atoms with Crippen molar-refractivity contribution in [2.24, 2.45) is 0 Å². The number of nitrogens with zero attached hydrogens (tertiary/aromatic N) is 6. The monoisotopic (exact) mass is 465 g/mol. The van der Waals surface area contributed by atoms with E-state index in [1.165, 1.54) is 38.5 Å². The third-order valence-electron chi connectivity index (χ3n) is 5.02. The third-order valence-corrected chi connectivity index (χ3v) is 5.02. The molecular formula is C19H48ClN11. The fraction of sp³-hybridized carbons (Fsp3) is 0.579.